The largest absolute Gasteiger partial charge is 0.750 e. The zero-order chi connectivity index (χ0) is 41.9. The molecule has 0 bridgehead atoms. The SMILES string of the molecule is CC1=CC(=O)CS(=O)(=O)O1.CC1=CC(=O)NS(=O)(=O)O1.CC[NH+](CC)CC.CC[NH+](CC)CC.O.O=S([O-])O[O-].O=S([O-])O[O-].S=S(S)OOOOS. The summed E-state index contributed by atoms with van der Waals surface area (Å²) in [5.74, 6) is -1.43. The maximum Gasteiger partial charge on any atom is 0.409 e. The third-order valence-electron chi connectivity index (χ3n) is 5.00. The van der Waals surface area contributed by atoms with Crippen molar-refractivity contribution in [2.45, 2.75) is 55.4 Å². The molecular weight excluding hydrogens is 887 g/mol. The van der Waals surface area contributed by atoms with Crippen molar-refractivity contribution < 1.29 is 106 Å². The van der Waals surface area contributed by atoms with Gasteiger partial charge in [-0.15, -0.1) is 8.67 Å². The third-order valence-corrected chi connectivity index (χ3v) is 7.89. The lowest BCUT2D eigenvalue weighted by Crippen LogP contribution is -3.11. The van der Waals surface area contributed by atoms with E-state index >= 15 is 0 Å². The molecule has 5 N–H and O–H groups in total. The Balaban J connectivity index is -0.000000123. The molecule has 0 saturated heterocycles. The number of ketones is 1. The van der Waals surface area contributed by atoms with Gasteiger partial charge in [0.25, 0.3) is 5.91 Å². The van der Waals surface area contributed by atoms with Crippen molar-refractivity contribution in [1.82, 2.24) is 4.72 Å². The fourth-order valence-corrected chi connectivity index (χ4v) is 4.72. The van der Waals surface area contributed by atoms with E-state index in [1.165, 1.54) is 59.2 Å². The van der Waals surface area contributed by atoms with Crippen LogP contribution < -0.4 is 25.0 Å². The van der Waals surface area contributed by atoms with Crippen LogP contribution in [0.2, 0.25) is 0 Å². The van der Waals surface area contributed by atoms with Gasteiger partial charge in [-0.1, -0.05) is 11.7 Å². The first-order valence-electron chi connectivity index (χ1n) is 14.0. The van der Waals surface area contributed by atoms with Crippen LogP contribution in [-0.4, -0.2) is 96.5 Å². The molecule has 3 atom stereocenters. The molecule has 24 nitrogen and oxygen atoms in total. The van der Waals surface area contributed by atoms with Crippen LogP contribution in [0.15, 0.2) is 23.7 Å². The predicted octanol–water partition coefficient (Wildman–Crippen LogP) is -5.23. The zero-order valence-corrected chi connectivity index (χ0v) is 36.3. The van der Waals surface area contributed by atoms with E-state index in [-0.39, 0.29) is 17.0 Å². The Hall–Kier alpha value is -0.830. The zero-order valence-electron chi connectivity index (χ0n) is 29.6. The van der Waals surface area contributed by atoms with Gasteiger partial charge in [-0.2, -0.15) is 16.8 Å². The topological polar surface area (TPSA) is 355 Å². The summed E-state index contributed by atoms with van der Waals surface area (Å²) in [6.07, 6.45) is 2.22. The Kier molecular flexibility index (Phi) is 49.4. The number of rotatable bonds is 12. The molecule has 0 saturated carbocycles. The molecule has 0 fully saturated rings. The second-order valence-electron chi connectivity index (χ2n) is 8.43. The van der Waals surface area contributed by atoms with Crippen LogP contribution in [0.3, 0.4) is 0 Å². The van der Waals surface area contributed by atoms with Gasteiger partial charge in [0.15, 0.2) is 5.78 Å². The average molecular weight is 934 g/mol. The molecular formula is C21H47N3O21S8-2. The van der Waals surface area contributed by atoms with E-state index in [1.807, 2.05) is 0 Å². The minimum absolute atomic E-state index is 0. The highest BCUT2D eigenvalue weighted by Gasteiger charge is 2.22. The Morgan fingerprint density at radius 1 is 0.811 bits per heavy atom. The van der Waals surface area contributed by atoms with Crippen LogP contribution in [0.25, 0.3) is 0 Å². The van der Waals surface area contributed by atoms with Gasteiger partial charge >= 0.3 is 20.4 Å². The van der Waals surface area contributed by atoms with E-state index in [0.29, 0.717) is 0 Å². The molecule has 2 aliphatic rings. The van der Waals surface area contributed by atoms with Crippen LogP contribution in [0.4, 0.5) is 0 Å². The number of nitrogens with one attached hydrogen (secondary N) is 3. The van der Waals surface area contributed by atoms with Gasteiger partial charge in [0.1, 0.15) is 26.0 Å². The standard InChI is InChI=1S/2C6H15N.C5H6O4S.C4H5NO4S.H2O4S4.2H2O4S.H2O/c2*1-4-7(5-2)6-3;1-4-2-5(6)3-10(7,8)9-4;1-3-2-4(6)5-10(7,8)9-3;5-3-1-2-4-8(6)7;2*1-4-5(2)3;/h2*4-6H2,1-3H3;2H,3H2,1H3;2H,1H3,(H,5,6);5H,(H,6,7);2*1H,(H,2,3);1H2/p-2. The summed E-state index contributed by atoms with van der Waals surface area (Å²) < 4.78 is 100. The number of hydrogen-bond acceptors (Lipinski definition) is 22. The molecule has 322 valence electrons. The normalized spacial score (nSPS) is 16.2. The van der Waals surface area contributed by atoms with Crippen LogP contribution in [0.1, 0.15) is 55.4 Å². The Labute approximate surface area is 332 Å². The summed E-state index contributed by atoms with van der Waals surface area (Å²) in [5, 5.41) is 24.5. The summed E-state index contributed by atoms with van der Waals surface area (Å²) >= 11 is 5.37. The minimum atomic E-state index is -3.85. The van der Waals surface area contributed by atoms with Crippen molar-refractivity contribution in [3.8, 4) is 0 Å². The quantitative estimate of drug-likeness (QED) is 0.0178. The highest BCUT2D eigenvalue weighted by Crippen LogP contribution is 2.09. The average Bonchev–Trinajstić information content (AvgIpc) is 3.02. The Morgan fingerprint density at radius 3 is 1.38 bits per heavy atom. The fourth-order valence-electron chi connectivity index (χ4n) is 2.80. The van der Waals surface area contributed by atoms with E-state index in [2.05, 4.69) is 113 Å². The Morgan fingerprint density at radius 2 is 1.17 bits per heavy atom. The lowest BCUT2D eigenvalue weighted by molar-refractivity contribution is -0.894. The van der Waals surface area contributed by atoms with Crippen LogP contribution in [-0.2, 0) is 108 Å². The van der Waals surface area contributed by atoms with Crippen molar-refractivity contribution in [3.63, 3.8) is 0 Å². The monoisotopic (exact) mass is 933 g/mol. The van der Waals surface area contributed by atoms with Gasteiger partial charge < -0.3 is 51.9 Å². The van der Waals surface area contributed by atoms with Gasteiger partial charge in [-0.05, 0) is 76.7 Å². The number of carbonyl (C=O) groups is 2. The first-order valence-corrected chi connectivity index (χ1v) is 22.4. The maximum atomic E-state index is 10.6. The van der Waals surface area contributed by atoms with E-state index in [0.717, 1.165) is 6.08 Å². The van der Waals surface area contributed by atoms with Crippen molar-refractivity contribution >= 4 is 99.4 Å². The summed E-state index contributed by atoms with van der Waals surface area (Å²) in [6.45, 7) is 23.8. The number of amides is 1. The molecule has 3 unspecified atom stereocenters. The first-order chi connectivity index (χ1) is 24.0. The summed E-state index contributed by atoms with van der Waals surface area (Å²) in [7, 11) is -8.45. The molecule has 53 heavy (non-hydrogen) atoms. The summed E-state index contributed by atoms with van der Waals surface area (Å²) in [6, 6.07) is 0. The van der Waals surface area contributed by atoms with Gasteiger partial charge in [-0.25, -0.2) is 13.1 Å². The number of hydrogen-bond donors (Lipinski definition) is 5. The second kappa shape index (κ2) is 40.8. The van der Waals surface area contributed by atoms with Gasteiger partial charge in [0, 0.05) is 25.1 Å². The van der Waals surface area contributed by atoms with Gasteiger partial charge in [-0.3, -0.25) is 9.59 Å². The molecule has 1 amide bonds. The molecule has 2 rings (SSSR count). The van der Waals surface area contributed by atoms with Crippen molar-refractivity contribution in [1.29, 1.82) is 0 Å². The summed E-state index contributed by atoms with van der Waals surface area (Å²) in [5.41, 5.74) is 0. The third kappa shape index (κ3) is 53.3. The van der Waals surface area contributed by atoms with E-state index in [4.69, 9.17) is 28.0 Å². The number of thiol groups is 2. The number of carbonyl (C=O) groups excluding carboxylic acids is 2. The van der Waals surface area contributed by atoms with Crippen molar-refractivity contribution in [3.05, 3.63) is 23.7 Å². The van der Waals surface area contributed by atoms with Crippen LogP contribution in [0.5, 0.6) is 0 Å². The highest BCUT2D eigenvalue weighted by atomic mass is 33.3. The minimum Gasteiger partial charge on any atom is -0.750 e. The van der Waals surface area contributed by atoms with Crippen LogP contribution in [0, 0.1) is 0 Å². The first kappa shape index (κ1) is 64.1. The number of quaternary nitrogens is 2. The van der Waals surface area contributed by atoms with Crippen molar-refractivity contribution in [2.75, 3.05) is 45.0 Å². The van der Waals surface area contributed by atoms with Crippen molar-refractivity contribution in [2.24, 2.45) is 0 Å². The lowest BCUT2D eigenvalue weighted by Gasteiger charge is -2.10. The molecule has 0 aliphatic carbocycles. The number of allylic oxidation sites excluding steroid dienone is 3. The molecule has 0 aromatic heterocycles. The maximum absolute atomic E-state index is 10.6. The molecule has 0 spiro atoms. The van der Waals surface area contributed by atoms with E-state index in [1.54, 1.807) is 14.5 Å². The molecule has 32 heteroatoms. The molecule has 0 radical (unpaired) electrons. The Bertz CT molecular complexity index is 1200. The predicted molar refractivity (Wildman–Crippen MR) is 191 cm³/mol. The van der Waals surface area contributed by atoms with Crippen LogP contribution >= 0.6 is 24.6 Å². The molecule has 2 aliphatic heterocycles. The fraction of sp³-hybridized carbons (Fsp3) is 0.714. The van der Waals surface area contributed by atoms with Gasteiger partial charge in [0.2, 0.25) is 0 Å². The van der Waals surface area contributed by atoms with E-state index in [9.17, 15) is 26.4 Å². The van der Waals surface area contributed by atoms with Gasteiger partial charge in [0.05, 0.1) is 62.0 Å². The lowest BCUT2D eigenvalue weighted by atomic mass is 10.4. The molecule has 2 heterocycles. The van der Waals surface area contributed by atoms with E-state index < -0.39 is 69.4 Å². The summed E-state index contributed by atoms with van der Waals surface area (Å²) in [4.78, 5) is 24.4. The molecule has 0 aromatic rings. The molecule has 0 aromatic carbocycles. The second-order valence-corrected chi connectivity index (χ2v) is 15.7. The smallest absolute Gasteiger partial charge is 0.409 e. The highest BCUT2D eigenvalue weighted by molar-refractivity contribution is 8.74.